The number of rotatable bonds is 5. The highest BCUT2D eigenvalue weighted by Crippen LogP contribution is 2.63. The summed E-state index contributed by atoms with van der Waals surface area (Å²) >= 11 is 1.90. The van der Waals surface area contributed by atoms with Gasteiger partial charge in [0.15, 0.2) is 0 Å². The summed E-state index contributed by atoms with van der Waals surface area (Å²) in [6.07, 6.45) is 0. The van der Waals surface area contributed by atoms with Gasteiger partial charge in [-0.25, -0.2) is 0 Å². The van der Waals surface area contributed by atoms with Gasteiger partial charge >= 0.3 is 0 Å². The first-order chi connectivity index (χ1) is 31.3. The van der Waals surface area contributed by atoms with Gasteiger partial charge in [-0.2, -0.15) is 0 Å². The molecule has 1 aromatic heterocycles. The van der Waals surface area contributed by atoms with Gasteiger partial charge in [0.1, 0.15) is 0 Å². The molecule has 63 heavy (non-hydrogen) atoms. The molecule has 1 nitrogen and oxygen atoms in total. The van der Waals surface area contributed by atoms with Gasteiger partial charge in [-0.1, -0.05) is 188 Å². The summed E-state index contributed by atoms with van der Waals surface area (Å²) < 4.78 is 2.65. The van der Waals surface area contributed by atoms with E-state index < -0.39 is 5.41 Å². The molecular weight excluding hydrogens is 779 g/mol. The molecule has 0 N–H and O–H groups in total. The van der Waals surface area contributed by atoms with Gasteiger partial charge < -0.3 is 4.90 Å². The Labute approximate surface area is 371 Å². The number of fused-ring (bicyclic) bond motifs is 15. The van der Waals surface area contributed by atoms with Crippen molar-refractivity contribution in [3.8, 4) is 55.6 Å². The van der Waals surface area contributed by atoms with E-state index in [9.17, 15) is 0 Å². The largest absolute Gasteiger partial charge is 0.310 e. The van der Waals surface area contributed by atoms with E-state index in [1.165, 1.54) is 98.1 Å². The van der Waals surface area contributed by atoms with Crippen molar-refractivity contribution >= 4 is 48.6 Å². The minimum atomic E-state index is -0.587. The van der Waals surface area contributed by atoms with Crippen LogP contribution in [0.25, 0.3) is 75.8 Å². The molecule has 2 aliphatic carbocycles. The number of anilines is 3. The maximum absolute atomic E-state index is 2.55. The van der Waals surface area contributed by atoms with E-state index >= 15 is 0 Å². The Morgan fingerprint density at radius 1 is 0.286 bits per heavy atom. The van der Waals surface area contributed by atoms with Crippen LogP contribution in [0.5, 0.6) is 0 Å². The normalized spacial score (nSPS) is 14.4. The third-order valence-corrected chi connectivity index (χ3v) is 14.6. The molecule has 11 aromatic rings. The monoisotopic (exact) mass is 817 g/mol. The van der Waals surface area contributed by atoms with Crippen LogP contribution in [0.4, 0.5) is 17.1 Å². The summed E-state index contributed by atoms with van der Waals surface area (Å²) in [7, 11) is 0. The summed E-state index contributed by atoms with van der Waals surface area (Å²) in [5.41, 5.74) is 20.4. The van der Waals surface area contributed by atoms with Gasteiger partial charge in [-0.15, -0.1) is 11.3 Å². The minimum absolute atomic E-state index is 0.587. The summed E-state index contributed by atoms with van der Waals surface area (Å²) in [6.45, 7) is 0. The summed E-state index contributed by atoms with van der Waals surface area (Å²) in [5, 5.41) is 2.64. The summed E-state index contributed by atoms with van der Waals surface area (Å²) in [5.74, 6) is 0. The van der Waals surface area contributed by atoms with Crippen molar-refractivity contribution in [2.24, 2.45) is 0 Å². The first-order valence-electron chi connectivity index (χ1n) is 21.8. The van der Waals surface area contributed by atoms with E-state index in [0.717, 1.165) is 17.1 Å². The van der Waals surface area contributed by atoms with Gasteiger partial charge in [0, 0.05) is 37.1 Å². The second kappa shape index (κ2) is 14.1. The molecule has 0 saturated heterocycles. The Morgan fingerprint density at radius 2 is 0.794 bits per heavy atom. The van der Waals surface area contributed by atoms with Gasteiger partial charge in [0.25, 0.3) is 0 Å². The first-order valence-corrected chi connectivity index (χ1v) is 22.6. The summed E-state index contributed by atoms with van der Waals surface area (Å²) in [4.78, 5) is 2.46. The molecule has 1 heterocycles. The minimum Gasteiger partial charge on any atom is -0.310 e. The maximum atomic E-state index is 2.55. The lowest BCUT2D eigenvalue weighted by Crippen LogP contribution is -2.29. The van der Waals surface area contributed by atoms with Crippen molar-refractivity contribution in [1.82, 2.24) is 0 Å². The number of hydrogen-bond donors (Lipinski definition) is 0. The van der Waals surface area contributed by atoms with E-state index in [1.807, 2.05) is 11.3 Å². The van der Waals surface area contributed by atoms with Crippen LogP contribution >= 0.6 is 11.3 Å². The van der Waals surface area contributed by atoms with Crippen LogP contribution in [-0.4, -0.2) is 0 Å². The van der Waals surface area contributed by atoms with E-state index in [1.54, 1.807) is 0 Å². The number of hydrogen-bond acceptors (Lipinski definition) is 2. The Balaban J connectivity index is 1.12. The topological polar surface area (TPSA) is 3.24 Å². The van der Waals surface area contributed by atoms with Gasteiger partial charge in [0.2, 0.25) is 0 Å². The van der Waals surface area contributed by atoms with Crippen LogP contribution in [0.3, 0.4) is 0 Å². The van der Waals surface area contributed by atoms with Crippen LogP contribution in [0.2, 0.25) is 0 Å². The average Bonchev–Trinajstić information content (AvgIpc) is 3.83. The molecule has 0 amide bonds. The van der Waals surface area contributed by atoms with Crippen molar-refractivity contribution in [2.45, 2.75) is 5.41 Å². The van der Waals surface area contributed by atoms with Gasteiger partial charge in [-0.3, -0.25) is 0 Å². The molecule has 0 fully saturated rings. The molecule has 294 valence electrons. The zero-order valence-corrected chi connectivity index (χ0v) is 35.2. The molecule has 0 radical (unpaired) electrons. The van der Waals surface area contributed by atoms with E-state index in [2.05, 4.69) is 241 Å². The quantitative estimate of drug-likeness (QED) is 0.167. The molecule has 2 aliphatic rings. The van der Waals surface area contributed by atoms with Crippen molar-refractivity contribution in [3.05, 3.63) is 259 Å². The summed E-state index contributed by atoms with van der Waals surface area (Å²) in [6, 6.07) is 88.0. The molecule has 10 aromatic carbocycles. The van der Waals surface area contributed by atoms with E-state index in [-0.39, 0.29) is 0 Å². The first kappa shape index (κ1) is 35.9. The lowest BCUT2D eigenvalue weighted by Gasteiger charge is -2.36. The zero-order chi connectivity index (χ0) is 41.5. The van der Waals surface area contributed by atoms with Crippen molar-refractivity contribution in [1.29, 1.82) is 0 Å². The second-order valence-electron chi connectivity index (χ2n) is 16.7. The second-order valence-corrected chi connectivity index (χ2v) is 17.8. The molecule has 0 aliphatic heterocycles. The number of benzene rings is 10. The third-order valence-electron chi connectivity index (χ3n) is 13.5. The predicted molar refractivity (Wildman–Crippen MR) is 267 cm³/mol. The van der Waals surface area contributed by atoms with Crippen LogP contribution in [0.1, 0.15) is 22.3 Å². The molecule has 0 bridgehead atoms. The SMILES string of the molecule is c1ccc(-c2ccc(N(c3ccc4c(c3)-c3ccccc3-c3ccccc3C43c4ccccc4-c4cc5sc6ccccc6c5cc43)c3ccccc3-c3ccccc3)cc2)cc1. The highest BCUT2D eigenvalue weighted by Gasteiger charge is 2.50. The molecule has 0 saturated carbocycles. The Kier molecular flexibility index (Phi) is 8.06. The fraction of sp³-hybridized carbons (Fsp3) is 0.0164. The number of nitrogens with zero attached hydrogens (tertiary/aromatic N) is 1. The van der Waals surface area contributed by atoms with Crippen molar-refractivity contribution in [2.75, 3.05) is 4.90 Å². The highest BCUT2D eigenvalue weighted by atomic mass is 32.1. The average molecular weight is 818 g/mol. The lowest BCUT2D eigenvalue weighted by molar-refractivity contribution is 0.776. The molecular formula is C61H39NS. The lowest BCUT2D eigenvalue weighted by atomic mass is 9.65. The molecule has 1 unspecified atom stereocenters. The zero-order valence-electron chi connectivity index (χ0n) is 34.4. The van der Waals surface area contributed by atoms with Crippen LogP contribution in [0, 0.1) is 0 Å². The molecule has 1 spiro atoms. The maximum Gasteiger partial charge on any atom is 0.0725 e. The Bertz CT molecular complexity index is 3570. The fourth-order valence-corrected chi connectivity index (χ4v) is 12.0. The third kappa shape index (κ3) is 5.35. The van der Waals surface area contributed by atoms with Gasteiger partial charge in [0.05, 0.1) is 11.1 Å². The fourth-order valence-electron chi connectivity index (χ4n) is 10.8. The number of para-hydroxylation sites is 1. The smallest absolute Gasteiger partial charge is 0.0725 e. The molecule has 2 heteroatoms. The van der Waals surface area contributed by atoms with E-state index in [4.69, 9.17) is 0 Å². The Morgan fingerprint density at radius 3 is 1.52 bits per heavy atom. The van der Waals surface area contributed by atoms with Crippen LogP contribution in [0.15, 0.2) is 237 Å². The predicted octanol–water partition coefficient (Wildman–Crippen LogP) is 16.9. The van der Waals surface area contributed by atoms with Crippen molar-refractivity contribution in [3.63, 3.8) is 0 Å². The Hall–Kier alpha value is -7.78. The molecule has 1 atom stereocenters. The van der Waals surface area contributed by atoms with E-state index in [0.29, 0.717) is 0 Å². The highest BCUT2D eigenvalue weighted by molar-refractivity contribution is 7.25. The van der Waals surface area contributed by atoms with Crippen LogP contribution in [-0.2, 0) is 5.41 Å². The van der Waals surface area contributed by atoms with Crippen molar-refractivity contribution < 1.29 is 0 Å². The molecule has 13 rings (SSSR count). The standard InChI is InChI=1S/C61H39NS/c1-3-17-40(18-4-1)41-31-33-43(34-32-41)62(58-29-15-11-21-45(58)42-19-5-2-6-20-42)44-35-36-56-51(37-44)47-23-8-7-22-46(47)48-24-9-13-27-54(48)61(56)55-28-14-10-25-49(55)52-39-60-53(38-57(52)61)50-26-12-16-30-59(50)63-60/h1-39H. The van der Waals surface area contributed by atoms with Gasteiger partial charge in [-0.05, 0) is 121 Å². The number of thiophene rings is 1. The van der Waals surface area contributed by atoms with Crippen LogP contribution < -0.4 is 4.90 Å².